The zero-order chi connectivity index (χ0) is 30.5. The van der Waals surface area contributed by atoms with Gasteiger partial charge in [-0.1, -0.05) is 54.6 Å². The SMILES string of the molecule is Fc1ccc(N(c2ccc3c(c2)Oc2ccc4c5c(ccc-3c25)OC2CC=CC=C42)c2cccc3c2oc2ccccc23)c(F)c1. The number of nitrogens with zero attached hydrogens (tertiary/aromatic N) is 1. The van der Waals surface area contributed by atoms with Gasteiger partial charge in [-0.25, -0.2) is 8.78 Å². The second kappa shape index (κ2) is 9.31. The van der Waals surface area contributed by atoms with Gasteiger partial charge in [0.05, 0.1) is 17.1 Å². The van der Waals surface area contributed by atoms with Crippen LogP contribution in [-0.2, 0) is 0 Å². The van der Waals surface area contributed by atoms with Crippen LogP contribution in [0.25, 0.3) is 49.4 Å². The lowest BCUT2D eigenvalue weighted by molar-refractivity contribution is 0.260. The minimum Gasteiger partial charge on any atom is -0.485 e. The van der Waals surface area contributed by atoms with Crippen molar-refractivity contribution in [2.45, 2.75) is 12.5 Å². The predicted octanol–water partition coefficient (Wildman–Crippen LogP) is 11.4. The third kappa shape index (κ3) is 3.52. The molecule has 0 N–H and O–H groups in total. The maximum atomic E-state index is 15.6. The van der Waals surface area contributed by atoms with Crippen molar-refractivity contribution in [3.05, 3.63) is 139 Å². The number of rotatable bonds is 3. The first-order valence-electron chi connectivity index (χ1n) is 15.2. The van der Waals surface area contributed by atoms with E-state index in [1.165, 1.54) is 17.7 Å². The van der Waals surface area contributed by atoms with Crippen LogP contribution >= 0.6 is 0 Å². The number of hydrogen-bond acceptors (Lipinski definition) is 4. The minimum absolute atomic E-state index is 0.00477. The van der Waals surface area contributed by atoms with E-state index in [0.29, 0.717) is 22.7 Å². The standard InChI is InChI=1S/C40H23F2NO3/c41-22-12-17-31(30(42)20-22)43(32-9-5-8-29-25-7-2-4-11-34(25)46-40(29)32)23-13-14-26-28-16-18-35-38-27(24-6-1-3-10-33(24)44-35)15-19-36(39(28)38)45-37(26)21-23/h1-9,11-21,33H,10H2. The minimum atomic E-state index is -0.693. The number of allylic oxidation sites excluding steroid dienone is 2. The fourth-order valence-electron chi connectivity index (χ4n) is 7.27. The van der Waals surface area contributed by atoms with Crippen LogP contribution in [0.1, 0.15) is 12.0 Å². The molecule has 3 heterocycles. The number of anilines is 3. The first kappa shape index (κ1) is 25.4. The van der Waals surface area contributed by atoms with E-state index in [0.717, 1.165) is 67.8 Å². The topological polar surface area (TPSA) is 34.8 Å². The zero-order valence-electron chi connectivity index (χ0n) is 24.3. The highest BCUT2D eigenvalue weighted by atomic mass is 19.1. The van der Waals surface area contributed by atoms with Gasteiger partial charge >= 0.3 is 0 Å². The van der Waals surface area contributed by atoms with E-state index >= 15 is 4.39 Å². The van der Waals surface area contributed by atoms with Gasteiger partial charge in [-0.05, 0) is 65.7 Å². The molecule has 0 amide bonds. The first-order chi connectivity index (χ1) is 22.6. The number of ether oxygens (including phenoxy) is 2. The number of fused-ring (bicyclic) bond motifs is 7. The van der Waals surface area contributed by atoms with Crippen molar-refractivity contribution < 1.29 is 22.7 Å². The predicted molar refractivity (Wildman–Crippen MR) is 177 cm³/mol. The van der Waals surface area contributed by atoms with E-state index in [2.05, 4.69) is 30.4 Å². The van der Waals surface area contributed by atoms with Crippen LogP contribution in [0.3, 0.4) is 0 Å². The lowest BCUT2D eigenvalue weighted by atomic mass is 9.85. The molecule has 0 radical (unpaired) electrons. The summed E-state index contributed by atoms with van der Waals surface area (Å²) in [5, 5.41) is 3.92. The number of hydrogen-bond donors (Lipinski definition) is 0. The molecular weight excluding hydrogens is 580 g/mol. The van der Waals surface area contributed by atoms with Gasteiger partial charge in [0.1, 0.15) is 40.6 Å². The summed E-state index contributed by atoms with van der Waals surface area (Å²) in [5.41, 5.74) is 7.06. The molecule has 4 nitrogen and oxygen atoms in total. The van der Waals surface area contributed by atoms with Gasteiger partial charge in [0, 0.05) is 51.2 Å². The molecule has 0 saturated heterocycles. The molecule has 6 heteroatoms. The summed E-state index contributed by atoms with van der Waals surface area (Å²) >= 11 is 0. The summed E-state index contributed by atoms with van der Waals surface area (Å²) < 4.78 is 49.2. The Morgan fingerprint density at radius 2 is 1.50 bits per heavy atom. The third-order valence-electron chi connectivity index (χ3n) is 9.28. The third-order valence-corrected chi connectivity index (χ3v) is 9.28. The van der Waals surface area contributed by atoms with Crippen LogP contribution in [0, 0.1) is 11.6 Å². The highest BCUT2D eigenvalue weighted by molar-refractivity contribution is 6.13. The average molecular weight is 604 g/mol. The Labute approximate surface area is 262 Å². The fraction of sp³-hybridized carbons (Fsp3) is 0.0500. The molecule has 7 aromatic rings. The van der Waals surface area contributed by atoms with Crippen LogP contribution in [0.4, 0.5) is 25.8 Å². The Morgan fingerprint density at radius 1 is 0.674 bits per heavy atom. The van der Waals surface area contributed by atoms with Crippen LogP contribution in [-0.4, -0.2) is 6.10 Å². The van der Waals surface area contributed by atoms with Crippen molar-refractivity contribution in [3.63, 3.8) is 0 Å². The van der Waals surface area contributed by atoms with Crippen LogP contribution < -0.4 is 14.4 Å². The molecule has 220 valence electrons. The number of furan rings is 1. The highest BCUT2D eigenvalue weighted by Gasteiger charge is 2.32. The first-order valence-corrected chi connectivity index (χ1v) is 15.2. The summed E-state index contributed by atoms with van der Waals surface area (Å²) in [6.07, 6.45) is 7.20. The molecule has 0 saturated carbocycles. The second-order valence-electron chi connectivity index (χ2n) is 11.8. The van der Waals surface area contributed by atoms with E-state index < -0.39 is 11.6 Å². The van der Waals surface area contributed by atoms with Crippen molar-refractivity contribution in [2.75, 3.05) is 4.90 Å². The lowest BCUT2D eigenvalue weighted by Crippen LogP contribution is -2.23. The Bertz CT molecular complexity index is 2510. The van der Waals surface area contributed by atoms with E-state index in [1.807, 2.05) is 72.8 Å². The van der Waals surface area contributed by atoms with E-state index in [1.54, 1.807) is 4.90 Å². The quantitative estimate of drug-likeness (QED) is 0.201. The lowest BCUT2D eigenvalue weighted by Gasteiger charge is -2.33. The molecule has 0 fully saturated rings. The summed E-state index contributed by atoms with van der Waals surface area (Å²) in [6.45, 7) is 0. The molecule has 6 aromatic carbocycles. The van der Waals surface area contributed by atoms with Gasteiger partial charge in [0.25, 0.3) is 0 Å². The molecule has 10 rings (SSSR count). The molecule has 0 spiro atoms. The summed E-state index contributed by atoms with van der Waals surface area (Å²) in [5.74, 6) is 0.874. The molecule has 1 aromatic heterocycles. The number of para-hydroxylation sites is 2. The van der Waals surface area contributed by atoms with Crippen molar-refractivity contribution in [1.82, 2.24) is 0 Å². The average Bonchev–Trinajstić information content (AvgIpc) is 3.47. The summed E-state index contributed by atoms with van der Waals surface area (Å²) in [7, 11) is 0. The van der Waals surface area contributed by atoms with Crippen LogP contribution in [0.5, 0.6) is 17.2 Å². The Hall–Kier alpha value is -5.88. The van der Waals surface area contributed by atoms with Gasteiger partial charge in [0.15, 0.2) is 5.58 Å². The number of halogens is 2. The van der Waals surface area contributed by atoms with Gasteiger partial charge in [-0.2, -0.15) is 0 Å². The highest BCUT2D eigenvalue weighted by Crippen LogP contribution is 2.54. The molecule has 1 unspecified atom stereocenters. The van der Waals surface area contributed by atoms with Crippen molar-refractivity contribution >= 4 is 55.3 Å². The molecule has 46 heavy (non-hydrogen) atoms. The van der Waals surface area contributed by atoms with Crippen molar-refractivity contribution in [3.8, 4) is 28.4 Å². The van der Waals surface area contributed by atoms with Gasteiger partial charge in [-0.15, -0.1) is 0 Å². The largest absolute Gasteiger partial charge is 0.485 e. The molecule has 2 aliphatic heterocycles. The molecule has 3 aliphatic rings. The maximum Gasteiger partial charge on any atom is 0.159 e. The summed E-state index contributed by atoms with van der Waals surface area (Å²) in [6, 6.07) is 31.3. The van der Waals surface area contributed by atoms with E-state index in [9.17, 15) is 4.39 Å². The molecule has 0 bridgehead atoms. The zero-order valence-corrected chi connectivity index (χ0v) is 24.3. The Kier molecular flexibility index (Phi) is 5.15. The van der Waals surface area contributed by atoms with E-state index in [4.69, 9.17) is 13.9 Å². The van der Waals surface area contributed by atoms with Crippen molar-refractivity contribution in [1.29, 1.82) is 0 Å². The molecule has 1 atom stereocenters. The van der Waals surface area contributed by atoms with Crippen LogP contribution in [0.15, 0.2) is 126 Å². The van der Waals surface area contributed by atoms with Crippen LogP contribution in [0.2, 0.25) is 0 Å². The summed E-state index contributed by atoms with van der Waals surface area (Å²) in [4.78, 5) is 1.76. The smallest absolute Gasteiger partial charge is 0.159 e. The molecular formula is C40H23F2NO3. The van der Waals surface area contributed by atoms with Gasteiger partial charge in [-0.3, -0.25) is 0 Å². The van der Waals surface area contributed by atoms with Crippen molar-refractivity contribution in [2.24, 2.45) is 0 Å². The fourth-order valence-corrected chi connectivity index (χ4v) is 7.27. The van der Waals surface area contributed by atoms with Gasteiger partial charge in [0.2, 0.25) is 0 Å². The Morgan fingerprint density at radius 3 is 2.43 bits per heavy atom. The second-order valence-corrected chi connectivity index (χ2v) is 11.8. The number of benzene rings is 6. The maximum absolute atomic E-state index is 15.6. The van der Waals surface area contributed by atoms with E-state index in [-0.39, 0.29) is 11.8 Å². The normalized spacial score (nSPS) is 15.7. The Balaban J connectivity index is 1.18. The monoisotopic (exact) mass is 603 g/mol. The van der Waals surface area contributed by atoms with Gasteiger partial charge < -0.3 is 18.8 Å². The molecule has 1 aliphatic carbocycles.